The van der Waals surface area contributed by atoms with Crippen LogP contribution in [0.15, 0.2) is 30.5 Å². The molecule has 0 fully saturated rings. The summed E-state index contributed by atoms with van der Waals surface area (Å²) < 4.78 is 1.86. The molecule has 0 radical (unpaired) electrons. The van der Waals surface area contributed by atoms with Crippen molar-refractivity contribution in [2.75, 3.05) is 6.54 Å². The molecule has 6 heteroatoms. The van der Waals surface area contributed by atoms with E-state index < -0.39 is 5.41 Å². The Labute approximate surface area is 141 Å². The number of hydrogen-bond acceptors (Lipinski definition) is 3. The van der Waals surface area contributed by atoms with E-state index in [0.29, 0.717) is 11.6 Å². The van der Waals surface area contributed by atoms with Crippen molar-refractivity contribution < 1.29 is 4.79 Å². The van der Waals surface area contributed by atoms with E-state index in [2.05, 4.69) is 10.4 Å². The number of carbonyl (C=O) groups is 1. The fourth-order valence-electron chi connectivity index (χ4n) is 2.32. The number of aromatic nitrogens is 2. The standard InChI is InChI=1S/C17H23ClN4O/c1-11(20-10-17(3,4)16(19)23)15-9-21-22(12(15)2)14-7-5-6-13(18)8-14/h5-9,11,20H,10H2,1-4H3,(H2,19,23)/t11-/m0/s1. The summed E-state index contributed by atoms with van der Waals surface area (Å²) in [5.74, 6) is -0.316. The summed E-state index contributed by atoms with van der Waals surface area (Å²) in [5, 5.41) is 8.49. The average molecular weight is 335 g/mol. The summed E-state index contributed by atoms with van der Waals surface area (Å²) in [5.41, 5.74) is 7.85. The zero-order valence-corrected chi connectivity index (χ0v) is 14.7. The Morgan fingerprint density at radius 3 is 2.78 bits per heavy atom. The number of amides is 1. The Kier molecular flexibility index (Phi) is 5.12. The molecule has 0 aliphatic heterocycles. The van der Waals surface area contributed by atoms with Gasteiger partial charge in [-0.15, -0.1) is 0 Å². The van der Waals surface area contributed by atoms with Crippen LogP contribution in [0.4, 0.5) is 0 Å². The summed E-state index contributed by atoms with van der Waals surface area (Å²) in [4.78, 5) is 11.4. The van der Waals surface area contributed by atoms with Crippen LogP contribution in [-0.4, -0.2) is 22.2 Å². The van der Waals surface area contributed by atoms with E-state index in [1.807, 2.05) is 62.8 Å². The smallest absolute Gasteiger partial charge is 0.224 e. The molecule has 1 aromatic heterocycles. The van der Waals surface area contributed by atoms with Crippen LogP contribution in [0, 0.1) is 12.3 Å². The molecule has 0 saturated heterocycles. The third-order valence-electron chi connectivity index (χ3n) is 4.08. The van der Waals surface area contributed by atoms with Gasteiger partial charge in [-0.1, -0.05) is 17.7 Å². The normalized spacial score (nSPS) is 13.1. The predicted octanol–water partition coefficient (Wildman–Crippen LogP) is 3.00. The number of nitrogens with one attached hydrogen (secondary N) is 1. The highest BCUT2D eigenvalue weighted by Crippen LogP contribution is 2.23. The second-order valence-corrected chi connectivity index (χ2v) is 6.86. The Balaban J connectivity index is 2.17. The van der Waals surface area contributed by atoms with E-state index in [-0.39, 0.29) is 11.9 Å². The van der Waals surface area contributed by atoms with E-state index in [4.69, 9.17) is 17.3 Å². The van der Waals surface area contributed by atoms with Crippen LogP contribution in [0.3, 0.4) is 0 Å². The number of carbonyl (C=O) groups excluding carboxylic acids is 1. The molecule has 1 aromatic carbocycles. The first-order chi connectivity index (χ1) is 10.7. The lowest BCUT2D eigenvalue weighted by molar-refractivity contribution is -0.125. The van der Waals surface area contributed by atoms with Gasteiger partial charge in [-0.25, -0.2) is 4.68 Å². The lowest BCUT2D eigenvalue weighted by atomic mass is 9.92. The molecule has 1 atom stereocenters. The van der Waals surface area contributed by atoms with E-state index >= 15 is 0 Å². The van der Waals surface area contributed by atoms with Gasteiger partial charge in [-0.2, -0.15) is 5.10 Å². The zero-order chi connectivity index (χ0) is 17.2. The van der Waals surface area contributed by atoms with Crippen molar-refractivity contribution in [3.05, 3.63) is 46.7 Å². The highest BCUT2D eigenvalue weighted by molar-refractivity contribution is 6.30. The lowest BCUT2D eigenvalue weighted by Gasteiger charge is -2.24. The van der Waals surface area contributed by atoms with Crippen molar-refractivity contribution in [3.8, 4) is 5.69 Å². The van der Waals surface area contributed by atoms with Crippen molar-refractivity contribution >= 4 is 17.5 Å². The van der Waals surface area contributed by atoms with Gasteiger partial charge in [-0.05, 0) is 45.9 Å². The van der Waals surface area contributed by atoms with E-state index in [9.17, 15) is 4.79 Å². The zero-order valence-electron chi connectivity index (χ0n) is 13.9. The average Bonchev–Trinajstić information content (AvgIpc) is 2.86. The van der Waals surface area contributed by atoms with Crippen molar-refractivity contribution in [3.63, 3.8) is 0 Å². The van der Waals surface area contributed by atoms with Crippen LogP contribution in [0.25, 0.3) is 5.69 Å². The van der Waals surface area contributed by atoms with Crippen LogP contribution in [-0.2, 0) is 4.79 Å². The highest BCUT2D eigenvalue weighted by atomic mass is 35.5. The van der Waals surface area contributed by atoms with Crippen molar-refractivity contribution in [1.29, 1.82) is 0 Å². The first-order valence-corrected chi connectivity index (χ1v) is 7.94. The van der Waals surface area contributed by atoms with Crippen LogP contribution in [0.2, 0.25) is 5.02 Å². The first-order valence-electron chi connectivity index (χ1n) is 7.56. The third kappa shape index (κ3) is 3.92. The fourth-order valence-corrected chi connectivity index (χ4v) is 2.51. The third-order valence-corrected chi connectivity index (χ3v) is 4.32. The number of primary amides is 1. The second-order valence-electron chi connectivity index (χ2n) is 6.43. The molecule has 0 unspecified atom stereocenters. The Hall–Kier alpha value is -1.85. The van der Waals surface area contributed by atoms with Gasteiger partial charge in [0.2, 0.25) is 5.91 Å². The number of rotatable bonds is 6. The molecule has 23 heavy (non-hydrogen) atoms. The molecule has 0 spiro atoms. The number of nitrogens with zero attached hydrogens (tertiary/aromatic N) is 2. The maximum Gasteiger partial charge on any atom is 0.224 e. The molecule has 3 N–H and O–H groups in total. The molecule has 124 valence electrons. The second kappa shape index (κ2) is 6.72. The summed E-state index contributed by atoms with van der Waals surface area (Å²) >= 11 is 6.05. The lowest BCUT2D eigenvalue weighted by Crippen LogP contribution is -2.41. The van der Waals surface area contributed by atoms with Gasteiger partial charge in [0.15, 0.2) is 0 Å². The predicted molar refractivity (Wildman–Crippen MR) is 92.7 cm³/mol. The molecule has 0 bridgehead atoms. The minimum absolute atomic E-state index is 0.0570. The highest BCUT2D eigenvalue weighted by Gasteiger charge is 2.26. The van der Waals surface area contributed by atoms with Crippen LogP contribution in [0.1, 0.15) is 38.1 Å². The topological polar surface area (TPSA) is 72.9 Å². The number of nitrogens with two attached hydrogens (primary N) is 1. The van der Waals surface area contributed by atoms with E-state index in [1.165, 1.54) is 0 Å². The minimum atomic E-state index is -0.592. The summed E-state index contributed by atoms with van der Waals surface area (Å²) in [6.45, 7) is 8.23. The minimum Gasteiger partial charge on any atom is -0.369 e. The van der Waals surface area contributed by atoms with Gasteiger partial charge in [-0.3, -0.25) is 4.79 Å². The molecule has 1 heterocycles. The molecular formula is C17H23ClN4O. The van der Waals surface area contributed by atoms with E-state index in [1.54, 1.807) is 0 Å². The van der Waals surface area contributed by atoms with Crippen LogP contribution in [0.5, 0.6) is 0 Å². The Bertz CT molecular complexity index is 708. The first kappa shape index (κ1) is 17.5. The molecule has 1 amide bonds. The maximum absolute atomic E-state index is 11.4. The molecule has 0 aliphatic carbocycles. The maximum atomic E-state index is 11.4. The summed E-state index contributed by atoms with van der Waals surface area (Å²) in [6, 6.07) is 7.63. The number of hydrogen-bond donors (Lipinski definition) is 2. The van der Waals surface area contributed by atoms with Crippen molar-refractivity contribution in [2.45, 2.75) is 33.7 Å². The molecule has 0 saturated carbocycles. The fraction of sp³-hybridized carbons (Fsp3) is 0.412. The quantitative estimate of drug-likeness (QED) is 0.853. The van der Waals surface area contributed by atoms with Gasteiger partial charge in [0.1, 0.15) is 0 Å². The number of benzene rings is 1. The van der Waals surface area contributed by atoms with Crippen molar-refractivity contribution in [2.24, 2.45) is 11.1 Å². The Morgan fingerprint density at radius 1 is 1.48 bits per heavy atom. The van der Waals surface area contributed by atoms with Gasteiger partial charge in [0, 0.05) is 28.9 Å². The van der Waals surface area contributed by atoms with Gasteiger partial charge in [0.25, 0.3) is 0 Å². The molecule has 2 aromatic rings. The Morgan fingerprint density at radius 2 is 2.17 bits per heavy atom. The van der Waals surface area contributed by atoms with Crippen LogP contribution < -0.4 is 11.1 Å². The van der Waals surface area contributed by atoms with Gasteiger partial charge in [0.05, 0.1) is 17.3 Å². The number of halogens is 1. The monoisotopic (exact) mass is 334 g/mol. The van der Waals surface area contributed by atoms with Gasteiger partial charge >= 0.3 is 0 Å². The SMILES string of the molecule is Cc1c([C@H](C)NCC(C)(C)C(N)=O)cnn1-c1cccc(Cl)c1. The van der Waals surface area contributed by atoms with E-state index in [0.717, 1.165) is 16.9 Å². The van der Waals surface area contributed by atoms with Crippen LogP contribution >= 0.6 is 11.6 Å². The summed E-state index contributed by atoms with van der Waals surface area (Å²) in [7, 11) is 0. The van der Waals surface area contributed by atoms with Gasteiger partial charge < -0.3 is 11.1 Å². The molecule has 2 rings (SSSR count). The van der Waals surface area contributed by atoms with Crippen molar-refractivity contribution in [1.82, 2.24) is 15.1 Å². The summed E-state index contributed by atoms with van der Waals surface area (Å²) in [6.07, 6.45) is 1.84. The molecule has 5 nitrogen and oxygen atoms in total. The molecular weight excluding hydrogens is 312 g/mol. The largest absolute Gasteiger partial charge is 0.369 e. The molecule has 0 aliphatic rings.